The topological polar surface area (TPSA) is 63.2 Å². The van der Waals surface area contributed by atoms with Crippen LogP contribution < -0.4 is 34.3 Å². The van der Waals surface area contributed by atoms with Gasteiger partial charge in [-0.1, -0.05) is 42.5 Å². The number of alkyl halides is 2. The summed E-state index contributed by atoms with van der Waals surface area (Å²) in [6, 6.07) is 13.8. The number of sulfonamides is 1. The molecule has 0 aliphatic rings. The maximum Gasteiger partial charge on any atom is 1.00 e. The quantitative estimate of drug-likeness (QED) is 0.613. The summed E-state index contributed by atoms with van der Waals surface area (Å²) in [6.45, 7) is 0. The Hall–Kier alpha value is -1.28. The molecule has 0 amide bonds. The second-order valence-corrected chi connectivity index (χ2v) is 5.83. The molecule has 22 heavy (non-hydrogen) atoms. The molecule has 8 heteroatoms. The molecule has 2 rings (SSSR count). The monoisotopic (exact) mass is 334 g/mol. The van der Waals surface area contributed by atoms with Crippen LogP contribution in [0.3, 0.4) is 0 Å². The van der Waals surface area contributed by atoms with E-state index in [1.165, 1.54) is 24.3 Å². The minimum Gasteiger partial charge on any atom is -0.289 e. The second-order valence-electron chi connectivity index (χ2n) is 4.18. The summed E-state index contributed by atoms with van der Waals surface area (Å²) >= 11 is 0. The van der Waals surface area contributed by atoms with Crippen molar-refractivity contribution in [2.75, 3.05) is 4.72 Å². The number of hydrogen-bond acceptors (Lipinski definition) is 3. The summed E-state index contributed by atoms with van der Waals surface area (Å²) in [4.78, 5) is 12.2. The molecule has 0 atom stereocenters. The van der Waals surface area contributed by atoms with Gasteiger partial charge >= 0.3 is 35.3 Å². The van der Waals surface area contributed by atoms with Gasteiger partial charge in [-0.05, 0) is 12.1 Å². The van der Waals surface area contributed by atoms with Crippen molar-refractivity contribution in [3.63, 3.8) is 0 Å². The predicted molar refractivity (Wildman–Crippen MR) is 74.9 cm³/mol. The Labute approximate surface area is 148 Å². The van der Waals surface area contributed by atoms with Gasteiger partial charge in [0.1, 0.15) is 0 Å². The van der Waals surface area contributed by atoms with Gasteiger partial charge in [0, 0.05) is 16.8 Å². The summed E-state index contributed by atoms with van der Waals surface area (Å²) in [6.07, 6.45) is 0. The van der Waals surface area contributed by atoms with E-state index in [0.29, 0.717) is 5.56 Å². The van der Waals surface area contributed by atoms with Gasteiger partial charge in [0.15, 0.2) is 5.78 Å². The number of benzene rings is 2. The van der Waals surface area contributed by atoms with Gasteiger partial charge in [-0.15, -0.1) is 0 Å². The molecule has 0 fully saturated rings. The number of rotatable bonds is 5. The predicted octanol–water partition coefficient (Wildman–Crippen LogP) is -0.114. The van der Waals surface area contributed by atoms with Crippen molar-refractivity contribution in [2.45, 2.75) is 5.76 Å². The van der Waals surface area contributed by atoms with E-state index in [9.17, 15) is 22.0 Å². The normalized spacial score (nSPS) is 10.9. The SMILES string of the molecule is O=C(c1ccccc1)c1cccc(NS(=O)(=O)C(F)F)c1.[Na+]. The first-order valence-corrected chi connectivity index (χ1v) is 7.44. The number of carbonyl (C=O) groups is 1. The van der Waals surface area contributed by atoms with Crippen molar-refractivity contribution < 1.29 is 51.6 Å². The molecule has 0 aliphatic heterocycles. The van der Waals surface area contributed by atoms with Crippen LogP contribution in [-0.4, -0.2) is 20.0 Å². The number of ketones is 1. The average Bonchev–Trinajstić information content (AvgIpc) is 2.47. The van der Waals surface area contributed by atoms with E-state index in [4.69, 9.17) is 0 Å². The Morgan fingerprint density at radius 1 is 0.955 bits per heavy atom. The minimum atomic E-state index is -4.75. The minimum absolute atomic E-state index is 0. The summed E-state index contributed by atoms with van der Waals surface area (Å²) in [7, 11) is -4.75. The molecule has 0 unspecified atom stereocenters. The Balaban J connectivity index is 0.00000242. The molecule has 0 saturated carbocycles. The first kappa shape index (κ1) is 18.8. The zero-order valence-corrected chi connectivity index (χ0v) is 14.5. The molecule has 0 spiro atoms. The van der Waals surface area contributed by atoms with E-state index >= 15 is 0 Å². The van der Waals surface area contributed by atoms with Crippen molar-refractivity contribution in [3.8, 4) is 0 Å². The zero-order valence-electron chi connectivity index (χ0n) is 11.7. The molecule has 0 radical (unpaired) electrons. The Morgan fingerprint density at radius 2 is 1.55 bits per heavy atom. The largest absolute Gasteiger partial charge is 1.00 e. The van der Waals surface area contributed by atoms with Gasteiger partial charge in [-0.2, -0.15) is 8.78 Å². The van der Waals surface area contributed by atoms with Crippen LogP contribution in [0.25, 0.3) is 0 Å². The number of nitrogens with one attached hydrogen (secondary N) is 1. The summed E-state index contributed by atoms with van der Waals surface area (Å²) in [5.74, 6) is -3.86. The molecule has 110 valence electrons. The smallest absolute Gasteiger partial charge is 0.289 e. The van der Waals surface area contributed by atoms with E-state index in [1.807, 2.05) is 0 Å². The number of carbonyl (C=O) groups excluding carboxylic acids is 1. The molecule has 1 N–H and O–H groups in total. The van der Waals surface area contributed by atoms with Crippen molar-refractivity contribution in [1.82, 2.24) is 0 Å². The molecule has 0 bridgehead atoms. The summed E-state index contributed by atoms with van der Waals surface area (Å²) in [5, 5.41) is 0. The first-order chi connectivity index (χ1) is 9.90. The molecule has 0 aliphatic carbocycles. The van der Waals surface area contributed by atoms with Crippen molar-refractivity contribution in [2.24, 2.45) is 0 Å². The van der Waals surface area contributed by atoms with E-state index in [0.717, 1.165) is 0 Å². The van der Waals surface area contributed by atoms with Crippen LogP contribution in [0.2, 0.25) is 0 Å². The third kappa shape index (κ3) is 4.61. The van der Waals surface area contributed by atoms with Gasteiger partial charge in [0.05, 0.1) is 0 Å². The third-order valence-corrected chi connectivity index (χ3v) is 3.64. The zero-order chi connectivity index (χ0) is 15.5. The first-order valence-electron chi connectivity index (χ1n) is 5.90. The fourth-order valence-electron chi connectivity index (χ4n) is 1.69. The van der Waals surface area contributed by atoms with Crippen LogP contribution >= 0.6 is 0 Å². The van der Waals surface area contributed by atoms with Crippen molar-refractivity contribution >= 4 is 21.5 Å². The van der Waals surface area contributed by atoms with E-state index in [2.05, 4.69) is 0 Å². The molecule has 4 nitrogen and oxygen atoms in total. The summed E-state index contributed by atoms with van der Waals surface area (Å²) < 4.78 is 48.6. The van der Waals surface area contributed by atoms with Crippen LogP contribution in [0.4, 0.5) is 14.5 Å². The fourth-order valence-corrected chi connectivity index (χ4v) is 2.23. The van der Waals surface area contributed by atoms with E-state index in [-0.39, 0.29) is 46.6 Å². The van der Waals surface area contributed by atoms with E-state index < -0.39 is 15.8 Å². The Bertz CT molecular complexity index is 752. The molecule has 0 saturated heterocycles. The molecular formula is C14H11F2NNaO3S+. The third-order valence-electron chi connectivity index (χ3n) is 2.66. The molecule has 0 heterocycles. The number of halogens is 2. The Kier molecular flexibility index (Phi) is 6.67. The van der Waals surface area contributed by atoms with Crippen molar-refractivity contribution in [3.05, 3.63) is 65.7 Å². The average molecular weight is 334 g/mol. The van der Waals surface area contributed by atoms with Gasteiger partial charge in [0.2, 0.25) is 0 Å². The number of hydrogen-bond donors (Lipinski definition) is 1. The van der Waals surface area contributed by atoms with Crippen LogP contribution in [-0.2, 0) is 10.0 Å². The van der Waals surface area contributed by atoms with Crippen molar-refractivity contribution in [1.29, 1.82) is 0 Å². The molecule has 2 aromatic rings. The summed E-state index contributed by atoms with van der Waals surface area (Å²) in [5.41, 5.74) is 0.541. The van der Waals surface area contributed by atoms with E-state index in [1.54, 1.807) is 35.1 Å². The molecule has 0 aromatic heterocycles. The van der Waals surface area contributed by atoms with Crippen LogP contribution in [0, 0.1) is 0 Å². The van der Waals surface area contributed by atoms with Gasteiger partial charge in [0.25, 0.3) is 10.0 Å². The maximum atomic E-state index is 12.3. The van der Waals surface area contributed by atoms with Crippen LogP contribution in [0.5, 0.6) is 0 Å². The second kappa shape index (κ2) is 7.82. The maximum absolute atomic E-state index is 12.3. The van der Waals surface area contributed by atoms with Gasteiger partial charge in [-0.25, -0.2) is 8.42 Å². The number of anilines is 1. The van der Waals surface area contributed by atoms with Crippen LogP contribution in [0.15, 0.2) is 54.6 Å². The van der Waals surface area contributed by atoms with Gasteiger partial charge < -0.3 is 0 Å². The van der Waals surface area contributed by atoms with Gasteiger partial charge in [-0.3, -0.25) is 9.52 Å². The Morgan fingerprint density at radius 3 is 2.14 bits per heavy atom. The fraction of sp³-hybridized carbons (Fsp3) is 0.0714. The standard InChI is InChI=1S/C14H11F2NO3S.Na/c15-14(16)21(19,20)17-12-8-4-7-11(9-12)13(18)10-5-2-1-3-6-10;/h1-9,14,17H;/q;+1. The molecular weight excluding hydrogens is 323 g/mol. The molecule has 2 aromatic carbocycles. The van der Waals surface area contributed by atoms with Crippen LogP contribution in [0.1, 0.15) is 15.9 Å².